The van der Waals surface area contributed by atoms with E-state index in [2.05, 4.69) is 0 Å². The summed E-state index contributed by atoms with van der Waals surface area (Å²) in [5.41, 5.74) is -0.366. The zero-order valence-corrected chi connectivity index (χ0v) is 7.98. The highest BCUT2D eigenvalue weighted by Gasteiger charge is 2.41. The van der Waals surface area contributed by atoms with Crippen molar-refractivity contribution in [2.75, 3.05) is 13.1 Å². The zero-order valence-electron chi connectivity index (χ0n) is 7.98. The number of hydrogen-bond donors (Lipinski definition) is 0. The van der Waals surface area contributed by atoms with Gasteiger partial charge in [0.05, 0.1) is 6.54 Å². The number of halogens is 2. The average Bonchev–Trinajstić information content (AvgIpc) is 2.04. The van der Waals surface area contributed by atoms with E-state index in [1.807, 2.05) is 13.8 Å². The molecule has 1 aliphatic rings. The fourth-order valence-corrected chi connectivity index (χ4v) is 1.73. The highest BCUT2D eigenvalue weighted by atomic mass is 19.3. The van der Waals surface area contributed by atoms with Gasteiger partial charge in [-0.15, -0.1) is 0 Å². The van der Waals surface area contributed by atoms with Crippen LogP contribution in [0.3, 0.4) is 0 Å². The van der Waals surface area contributed by atoms with Gasteiger partial charge in [0.1, 0.15) is 0 Å². The Morgan fingerprint density at radius 1 is 1.38 bits per heavy atom. The SMILES string of the molecule is CC1(C)CCN(C#N)CC(F)(F)C1. The van der Waals surface area contributed by atoms with Gasteiger partial charge in [0.15, 0.2) is 6.19 Å². The molecule has 0 saturated carbocycles. The first-order valence-corrected chi connectivity index (χ1v) is 4.37. The van der Waals surface area contributed by atoms with Gasteiger partial charge >= 0.3 is 0 Å². The summed E-state index contributed by atoms with van der Waals surface area (Å²) in [4.78, 5) is 1.15. The summed E-state index contributed by atoms with van der Waals surface area (Å²) < 4.78 is 26.4. The molecule has 1 saturated heterocycles. The van der Waals surface area contributed by atoms with Crippen LogP contribution in [0.15, 0.2) is 0 Å². The summed E-state index contributed by atoms with van der Waals surface area (Å²) in [5.74, 6) is -2.73. The first kappa shape index (κ1) is 10.2. The van der Waals surface area contributed by atoms with Crippen molar-refractivity contribution in [2.45, 2.75) is 32.6 Å². The molecule has 0 amide bonds. The Hall–Kier alpha value is -0.850. The molecule has 0 radical (unpaired) electrons. The molecule has 0 aromatic heterocycles. The van der Waals surface area contributed by atoms with Crippen LogP contribution in [-0.4, -0.2) is 23.9 Å². The maximum Gasteiger partial charge on any atom is 0.266 e. The summed E-state index contributed by atoms with van der Waals surface area (Å²) in [6.45, 7) is 3.66. The van der Waals surface area contributed by atoms with Crippen molar-refractivity contribution in [3.05, 3.63) is 0 Å². The molecule has 0 aromatic rings. The minimum absolute atomic E-state index is 0.127. The van der Waals surface area contributed by atoms with Crippen molar-refractivity contribution in [3.8, 4) is 6.19 Å². The third-order valence-electron chi connectivity index (χ3n) is 2.36. The Morgan fingerprint density at radius 3 is 2.54 bits per heavy atom. The topological polar surface area (TPSA) is 27.0 Å². The Balaban J connectivity index is 2.76. The van der Waals surface area contributed by atoms with E-state index in [4.69, 9.17) is 5.26 Å². The number of alkyl halides is 2. The zero-order chi connectivity index (χ0) is 10.1. The number of likely N-dealkylation sites (tertiary alicyclic amines) is 1. The second-order valence-electron chi connectivity index (χ2n) is 4.47. The first-order valence-electron chi connectivity index (χ1n) is 4.37. The number of rotatable bonds is 0. The van der Waals surface area contributed by atoms with Crippen molar-refractivity contribution >= 4 is 0 Å². The van der Waals surface area contributed by atoms with Crippen molar-refractivity contribution in [1.82, 2.24) is 4.90 Å². The number of nitrogens with zero attached hydrogens (tertiary/aromatic N) is 2. The average molecular weight is 188 g/mol. The van der Waals surface area contributed by atoms with Gasteiger partial charge in [0.25, 0.3) is 5.92 Å². The molecule has 4 heteroatoms. The molecule has 0 bridgehead atoms. The van der Waals surface area contributed by atoms with Gasteiger partial charge in [-0.2, -0.15) is 5.26 Å². The van der Waals surface area contributed by atoms with Crippen LogP contribution < -0.4 is 0 Å². The van der Waals surface area contributed by atoms with Crippen LogP contribution in [0, 0.1) is 16.9 Å². The van der Waals surface area contributed by atoms with Gasteiger partial charge in [0, 0.05) is 13.0 Å². The van der Waals surface area contributed by atoms with Gasteiger partial charge < -0.3 is 4.90 Å². The summed E-state index contributed by atoms with van der Waals surface area (Å²) in [6, 6.07) is 0. The van der Waals surface area contributed by atoms with Crippen LogP contribution in [0.2, 0.25) is 0 Å². The van der Waals surface area contributed by atoms with E-state index in [1.54, 1.807) is 6.19 Å². The normalized spacial score (nSPS) is 26.2. The van der Waals surface area contributed by atoms with E-state index < -0.39 is 12.5 Å². The highest BCUT2D eigenvalue weighted by molar-refractivity contribution is 4.90. The van der Waals surface area contributed by atoms with E-state index in [0.717, 1.165) is 4.90 Å². The van der Waals surface area contributed by atoms with Crippen LogP contribution in [0.5, 0.6) is 0 Å². The summed E-state index contributed by atoms with van der Waals surface area (Å²) >= 11 is 0. The smallest absolute Gasteiger partial charge is 0.266 e. The molecule has 0 aliphatic carbocycles. The standard InChI is InChI=1S/C9H14F2N2/c1-8(2)3-4-13(7-12)6-9(10,11)5-8/h3-6H2,1-2H3. The first-order chi connectivity index (χ1) is 5.85. The molecular formula is C9H14F2N2. The molecule has 1 fully saturated rings. The predicted molar refractivity (Wildman–Crippen MR) is 45.1 cm³/mol. The Morgan fingerprint density at radius 2 is 2.00 bits per heavy atom. The molecule has 0 N–H and O–H groups in total. The fourth-order valence-electron chi connectivity index (χ4n) is 1.73. The Labute approximate surface area is 77.1 Å². The van der Waals surface area contributed by atoms with E-state index >= 15 is 0 Å². The lowest BCUT2D eigenvalue weighted by molar-refractivity contribution is -0.0399. The van der Waals surface area contributed by atoms with Crippen molar-refractivity contribution in [1.29, 1.82) is 5.26 Å². The van der Waals surface area contributed by atoms with Gasteiger partial charge in [0.2, 0.25) is 0 Å². The largest absolute Gasteiger partial charge is 0.305 e. The summed E-state index contributed by atoms with van der Waals surface area (Å²) in [7, 11) is 0. The third-order valence-corrected chi connectivity index (χ3v) is 2.36. The van der Waals surface area contributed by atoms with E-state index in [0.29, 0.717) is 13.0 Å². The molecule has 0 unspecified atom stereocenters. The van der Waals surface area contributed by atoms with Crippen molar-refractivity contribution in [2.24, 2.45) is 5.41 Å². The molecule has 1 heterocycles. The van der Waals surface area contributed by atoms with E-state index in [1.165, 1.54) is 0 Å². The lowest BCUT2D eigenvalue weighted by Crippen LogP contribution is -2.32. The minimum Gasteiger partial charge on any atom is -0.305 e. The monoisotopic (exact) mass is 188 g/mol. The number of nitriles is 1. The van der Waals surface area contributed by atoms with Gasteiger partial charge in [-0.3, -0.25) is 0 Å². The molecule has 1 aliphatic heterocycles. The second-order valence-corrected chi connectivity index (χ2v) is 4.47. The van der Waals surface area contributed by atoms with Crippen molar-refractivity contribution < 1.29 is 8.78 Å². The fraction of sp³-hybridized carbons (Fsp3) is 0.889. The molecule has 0 aromatic carbocycles. The minimum atomic E-state index is -2.73. The van der Waals surface area contributed by atoms with Gasteiger partial charge in [-0.05, 0) is 11.8 Å². The Bertz CT molecular complexity index is 230. The van der Waals surface area contributed by atoms with Crippen LogP contribution in [-0.2, 0) is 0 Å². The maximum atomic E-state index is 13.2. The molecule has 13 heavy (non-hydrogen) atoms. The quantitative estimate of drug-likeness (QED) is 0.545. The summed E-state index contributed by atoms with van der Waals surface area (Å²) in [6.07, 6.45) is 2.31. The van der Waals surface area contributed by atoms with Gasteiger partial charge in [-0.25, -0.2) is 8.78 Å². The molecule has 2 nitrogen and oxygen atoms in total. The van der Waals surface area contributed by atoms with E-state index in [9.17, 15) is 8.78 Å². The highest BCUT2D eigenvalue weighted by Crippen LogP contribution is 2.37. The third kappa shape index (κ3) is 2.83. The number of hydrogen-bond acceptors (Lipinski definition) is 2. The van der Waals surface area contributed by atoms with Gasteiger partial charge in [-0.1, -0.05) is 13.8 Å². The summed E-state index contributed by atoms with van der Waals surface area (Å²) in [5, 5.41) is 8.56. The molecular weight excluding hydrogens is 174 g/mol. The molecule has 74 valence electrons. The maximum absolute atomic E-state index is 13.2. The van der Waals surface area contributed by atoms with Crippen LogP contribution in [0.1, 0.15) is 26.7 Å². The lowest BCUT2D eigenvalue weighted by atomic mass is 9.84. The van der Waals surface area contributed by atoms with Crippen molar-refractivity contribution in [3.63, 3.8) is 0 Å². The molecule has 1 rings (SSSR count). The second kappa shape index (κ2) is 3.13. The van der Waals surface area contributed by atoms with Crippen LogP contribution in [0.4, 0.5) is 8.78 Å². The molecule has 0 spiro atoms. The van der Waals surface area contributed by atoms with E-state index in [-0.39, 0.29) is 11.8 Å². The van der Waals surface area contributed by atoms with Crippen LogP contribution in [0.25, 0.3) is 0 Å². The lowest BCUT2D eigenvalue weighted by Gasteiger charge is -2.24. The Kier molecular flexibility index (Phi) is 2.47. The van der Waals surface area contributed by atoms with Crippen LogP contribution >= 0.6 is 0 Å². The predicted octanol–water partition coefficient (Wildman–Crippen LogP) is 2.22. The molecule has 0 atom stereocenters.